The first-order chi connectivity index (χ1) is 13.0. The molecule has 134 valence electrons. The van der Waals surface area contributed by atoms with Crippen LogP contribution in [0.3, 0.4) is 0 Å². The summed E-state index contributed by atoms with van der Waals surface area (Å²) in [6.45, 7) is 0. The summed E-state index contributed by atoms with van der Waals surface area (Å²) in [6.07, 6.45) is 0. The van der Waals surface area contributed by atoms with Gasteiger partial charge in [-0.2, -0.15) is 5.26 Å². The number of nitrogens with one attached hydrogen (secondary N) is 2. The standard InChI is InChI=1S/C18H10F3N5O/c19-12-5-6-13(17(21)16(12)20)24-15-8-7-14(25-26-15)18(27)23-11-3-1-10(9-22)2-4-11/h1-8H,(H,23,27)(H,24,26). The summed E-state index contributed by atoms with van der Waals surface area (Å²) < 4.78 is 39.8. The summed E-state index contributed by atoms with van der Waals surface area (Å²) in [5, 5.41) is 21.2. The van der Waals surface area contributed by atoms with Crippen molar-refractivity contribution >= 4 is 23.1 Å². The van der Waals surface area contributed by atoms with Crippen molar-refractivity contribution in [3.05, 3.63) is 77.2 Å². The van der Waals surface area contributed by atoms with Crippen LogP contribution in [-0.4, -0.2) is 16.1 Å². The molecule has 0 atom stereocenters. The monoisotopic (exact) mass is 369 g/mol. The van der Waals surface area contributed by atoms with Gasteiger partial charge in [-0.3, -0.25) is 4.79 Å². The zero-order valence-electron chi connectivity index (χ0n) is 13.5. The highest BCUT2D eigenvalue weighted by Crippen LogP contribution is 2.22. The summed E-state index contributed by atoms with van der Waals surface area (Å²) in [7, 11) is 0. The van der Waals surface area contributed by atoms with E-state index < -0.39 is 23.4 Å². The van der Waals surface area contributed by atoms with E-state index in [0.717, 1.165) is 12.1 Å². The Morgan fingerprint density at radius 2 is 1.67 bits per heavy atom. The number of hydrogen-bond donors (Lipinski definition) is 2. The maximum Gasteiger partial charge on any atom is 0.276 e. The van der Waals surface area contributed by atoms with Crippen molar-refractivity contribution in [3.63, 3.8) is 0 Å². The third-order valence-corrected chi connectivity index (χ3v) is 3.47. The fourth-order valence-corrected chi connectivity index (χ4v) is 2.10. The summed E-state index contributed by atoms with van der Waals surface area (Å²) >= 11 is 0. The van der Waals surface area contributed by atoms with E-state index in [1.54, 1.807) is 24.3 Å². The molecule has 0 aliphatic rings. The van der Waals surface area contributed by atoms with E-state index in [1.165, 1.54) is 12.1 Å². The summed E-state index contributed by atoms with van der Waals surface area (Å²) in [5.41, 5.74) is 0.577. The molecule has 0 aliphatic heterocycles. The SMILES string of the molecule is N#Cc1ccc(NC(=O)c2ccc(Nc3ccc(F)c(F)c3F)nn2)cc1. The number of carbonyl (C=O) groups is 1. The zero-order valence-corrected chi connectivity index (χ0v) is 13.5. The van der Waals surface area contributed by atoms with Gasteiger partial charge >= 0.3 is 0 Å². The van der Waals surface area contributed by atoms with Crippen LogP contribution in [0.25, 0.3) is 0 Å². The molecule has 0 bridgehead atoms. The van der Waals surface area contributed by atoms with Gasteiger partial charge in [0.2, 0.25) is 0 Å². The molecular formula is C18H10F3N5O. The van der Waals surface area contributed by atoms with Gasteiger partial charge in [0, 0.05) is 5.69 Å². The molecule has 3 aromatic rings. The third kappa shape index (κ3) is 4.01. The molecule has 0 radical (unpaired) electrons. The maximum absolute atomic E-state index is 13.6. The van der Waals surface area contributed by atoms with Crippen LogP contribution in [0.4, 0.5) is 30.4 Å². The number of aromatic nitrogens is 2. The van der Waals surface area contributed by atoms with Crippen molar-refractivity contribution in [2.24, 2.45) is 0 Å². The molecule has 1 heterocycles. The minimum absolute atomic E-state index is 0.0179. The second kappa shape index (κ2) is 7.53. The number of hydrogen-bond acceptors (Lipinski definition) is 5. The van der Waals surface area contributed by atoms with Crippen molar-refractivity contribution in [2.45, 2.75) is 0 Å². The predicted octanol–water partition coefficient (Wildman–Crippen LogP) is 3.76. The normalized spacial score (nSPS) is 10.1. The summed E-state index contributed by atoms with van der Waals surface area (Å²) in [5.74, 6) is -4.81. The summed E-state index contributed by atoms with van der Waals surface area (Å²) in [6, 6.07) is 12.6. The minimum atomic E-state index is -1.61. The van der Waals surface area contributed by atoms with Gasteiger partial charge in [0.05, 0.1) is 17.3 Å². The largest absolute Gasteiger partial charge is 0.336 e. The van der Waals surface area contributed by atoms with E-state index >= 15 is 0 Å². The van der Waals surface area contributed by atoms with Crippen LogP contribution in [-0.2, 0) is 0 Å². The van der Waals surface area contributed by atoms with Gasteiger partial charge in [0.25, 0.3) is 5.91 Å². The molecule has 0 unspecified atom stereocenters. The number of nitriles is 1. The van der Waals surface area contributed by atoms with E-state index in [4.69, 9.17) is 5.26 Å². The van der Waals surface area contributed by atoms with Crippen molar-refractivity contribution < 1.29 is 18.0 Å². The first kappa shape index (κ1) is 17.9. The lowest BCUT2D eigenvalue weighted by Gasteiger charge is -2.08. The molecule has 2 N–H and O–H groups in total. The Labute approximate surface area is 151 Å². The Morgan fingerprint density at radius 3 is 2.30 bits per heavy atom. The Morgan fingerprint density at radius 1 is 0.926 bits per heavy atom. The Hall–Kier alpha value is -3.93. The van der Waals surface area contributed by atoms with E-state index in [2.05, 4.69) is 20.8 Å². The molecule has 0 aliphatic carbocycles. The maximum atomic E-state index is 13.6. The molecule has 0 saturated carbocycles. The van der Waals surface area contributed by atoms with Crippen LogP contribution in [0.2, 0.25) is 0 Å². The van der Waals surface area contributed by atoms with E-state index in [9.17, 15) is 18.0 Å². The molecule has 2 aromatic carbocycles. The minimum Gasteiger partial charge on any atom is -0.336 e. The summed E-state index contributed by atoms with van der Waals surface area (Å²) in [4.78, 5) is 12.1. The van der Waals surface area contributed by atoms with Crippen molar-refractivity contribution in [1.82, 2.24) is 10.2 Å². The van der Waals surface area contributed by atoms with Crippen molar-refractivity contribution in [3.8, 4) is 6.07 Å². The number of nitrogens with zero attached hydrogens (tertiary/aromatic N) is 3. The van der Waals surface area contributed by atoms with Crippen LogP contribution in [0, 0.1) is 28.8 Å². The van der Waals surface area contributed by atoms with E-state index in [-0.39, 0.29) is 17.2 Å². The first-order valence-electron chi connectivity index (χ1n) is 7.53. The topological polar surface area (TPSA) is 90.7 Å². The quantitative estimate of drug-likeness (QED) is 0.684. The first-order valence-corrected chi connectivity index (χ1v) is 7.53. The molecule has 27 heavy (non-hydrogen) atoms. The van der Waals surface area contributed by atoms with Crippen molar-refractivity contribution in [1.29, 1.82) is 5.26 Å². The third-order valence-electron chi connectivity index (χ3n) is 3.47. The predicted molar refractivity (Wildman–Crippen MR) is 90.7 cm³/mol. The van der Waals surface area contributed by atoms with Crippen molar-refractivity contribution in [2.75, 3.05) is 10.6 Å². The number of benzene rings is 2. The molecule has 9 heteroatoms. The fraction of sp³-hybridized carbons (Fsp3) is 0. The lowest BCUT2D eigenvalue weighted by molar-refractivity contribution is 0.102. The number of rotatable bonds is 4. The number of amides is 1. The van der Waals surface area contributed by atoms with E-state index in [1.807, 2.05) is 6.07 Å². The lowest BCUT2D eigenvalue weighted by Crippen LogP contribution is -2.14. The number of anilines is 3. The molecular weight excluding hydrogens is 359 g/mol. The molecule has 0 saturated heterocycles. The van der Waals surface area contributed by atoms with Gasteiger partial charge in [-0.25, -0.2) is 13.2 Å². The van der Waals surface area contributed by atoms with Crippen LogP contribution < -0.4 is 10.6 Å². The lowest BCUT2D eigenvalue weighted by atomic mass is 10.2. The van der Waals surface area contributed by atoms with E-state index in [0.29, 0.717) is 11.3 Å². The van der Waals surface area contributed by atoms with Gasteiger partial charge in [-0.1, -0.05) is 0 Å². The smallest absolute Gasteiger partial charge is 0.276 e. The second-order valence-electron chi connectivity index (χ2n) is 5.30. The Balaban J connectivity index is 1.70. The molecule has 0 fully saturated rings. The van der Waals surface area contributed by atoms with Crippen LogP contribution in [0.15, 0.2) is 48.5 Å². The van der Waals surface area contributed by atoms with Crippen LogP contribution in [0.1, 0.15) is 16.1 Å². The molecule has 6 nitrogen and oxygen atoms in total. The molecule has 0 spiro atoms. The average Bonchev–Trinajstić information content (AvgIpc) is 2.69. The average molecular weight is 369 g/mol. The number of halogens is 3. The number of carbonyl (C=O) groups excluding carboxylic acids is 1. The molecule has 1 aromatic heterocycles. The molecule has 1 amide bonds. The van der Waals surface area contributed by atoms with Gasteiger partial charge in [0.1, 0.15) is 0 Å². The van der Waals surface area contributed by atoms with Gasteiger partial charge in [0.15, 0.2) is 29.0 Å². The van der Waals surface area contributed by atoms with Gasteiger partial charge in [-0.15, -0.1) is 10.2 Å². The zero-order chi connectivity index (χ0) is 19.4. The van der Waals surface area contributed by atoms with Gasteiger partial charge in [-0.05, 0) is 48.5 Å². The highest BCUT2D eigenvalue weighted by Gasteiger charge is 2.14. The van der Waals surface area contributed by atoms with Gasteiger partial charge < -0.3 is 10.6 Å². The second-order valence-corrected chi connectivity index (χ2v) is 5.30. The molecule has 3 rings (SSSR count). The fourth-order valence-electron chi connectivity index (χ4n) is 2.10. The highest BCUT2D eigenvalue weighted by molar-refractivity contribution is 6.02. The Kier molecular flexibility index (Phi) is 4.99. The Bertz CT molecular complexity index is 1030. The van der Waals surface area contributed by atoms with Crippen LogP contribution in [0.5, 0.6) is 0 Å². The van der Waals surface area contributed by atoms with Crippen LogP contribution >= 0.6 is 0 Å². The highest BCUT2D eigenvalue weighted by atomic mass is 19.2.